The second-order valence-electron chi connectivity index (χ2n) is 4.04. The molecular weight excluding hydrogens is 435 g/mol. The summed E-state index contributed by atoms with van der Waals surface area (Å²) in [5, 5.41) is 3.92. The van der Waals surface area contributed by atoms with E-state index >= 15 is 0 Å². The normalized spacial score (nSPS) is 13.3. The number of hydrogen-bond acceptors (Lipinski definition) is 1. The minimum absolute atomic E-state index is 0.000532. The van der Waals surface area contributed by atoms with Gasteiger partial charge in [0.25, 0.3) is 0 Å². The largest absolute Gasteiger partial charge is 0.421 e. The van der Waals surface area contributed by atoms with Crippen molar-refractivity contribution in [2.75, 3.05) is 0 Å². The lowest BCUT2D eigenvalue weighted by molar-refractivity contribution is -0.139. The van der Waals surface area contributed by atoms with E-state index < -0.39 is 17.3 Å². The van der Waals surface area contributed by atoms with Crippen LogP contribution in [0, 0.1) is 7.40 Å². The average Bonchev–Trinajstić information content (AvgIpc) is 2.22. The van der Waals surface area contributed by atoms with Crippen LogP contribution in [0.2, 0.25) is 0 Å². The van der Waals surface area contributed by atoms with Crippen LogP contribution in [0.5, 0.6) is 0 Å². The van der Waals surface area contributed by atoms with Gasteiger partial charge in [0.2, 0.25) is 0 Å². The molecule has 0 aliphatic rings. The molecule has 1 heterocycles. The summed E-state index contributed by atoms with van der Waals surface area (Å²) in [5.74, 6) is 0. The quantitative estimate of drug-likeness (QED) is 0.557. The number of aromatic nitrogens is 2. The van der Waals surface area contributed by atoms with E-state index in [4.69, 9.17) is 0 Å². The molecule has 1 rings (SSSR count). The van der Waals surface area contributed by atoms with Gasteiger partial charge < -0.3 is 0 Å². The molecule has 0 bridgehead atoms. The maximum absolute atomic E-state index is 12.6. The fourth-order valence-corrected chi connectivity index (χ4v) is 3.74. The molecule has 2 nitrogen and oxygen atoms in total. The first kappa shape index (κ1) is 13.5. The molecule has 0 saturated carbocycles. The first-order valence-corrected chi connectivity index (χ1v) is 6.22. The van der Waals surface area contributed by atoms with E-state index in [1.54, 1.807) is 45.2 Å². The molecule has 0 aliphatic heterocycles. The lowest BCUT2D eigenvalue weighted by Crippen LogP contribution is -2.25. The van der Waals surface area contributed by atoms with Gasteiger partial charge in [0, 0.05) is 0 Å². The van der Waals surface area contributed by atoms with Crippen LogP contribution < -0.4 is 0 Å². The molecule has 1 aromatic heterocycles. The molecule has 86 valence electrons. The molecular formula is C8H9F3I2N2. The van der Waals surface area contributed by atoms with E-state index in [1.165, 1.54) is 4.68 Å². The first-order chi connectivity index (χ1) is 6.55. The third-order valence-electron chi connectivity index (χ3n) is 1.71. The van der Waals surface area contributed by atoms with Gasteiger partial charge in [-0.3, -0.25) is 4.68 Å². The summed E-state index contributed by atoms with van der Waals surface area (Å²) in [6.07, 6.45) is -4.34. The summed E-state index contributed by atoms with van der Waals surface area (Å²) in [6, 6.07) is 0. The Bertz CT molecular complexity index is 376. The second-order valence-corrected chi connectivity index (χ2v) is 6.08. The van der Waals surface area contributed by atoms with Gasteiger partial charge in [-0.15, -0.1) is 0 Å². The van der Waals surface area contributed by atoms with Gasteiger partial charge in [-0.25, -0.2) is 0 Å². The third-order valence-corrected chi connectivity index (χ3v) is 3.46. The SMILES string of the molecule is CC(C)(C)n1nc(I)c(C(F)(F)F)c1I. The number of hydrogen-bond donors (Lipinski definition) is 0. The zero-order valence-electron chi connectivity index (χ0n) is 8.28. The van der Waals surface area contributed by atoms with Crippen molar-refractivity contribution in [3.8, 4) is 0 Å². The zero-order valence-corrected chi connectivity index (χ0v) is 12.6. The Morgan fingerprint density at radius 1 is 1.13 bits per heavy atom. The Hall–Kier alpha value is 0.460. The number of alkyl halides is 3. The summed E-state index contributed by atoms with van der Waals surface area (Å²) in [5.41, 5.74) is -1.08. The molecule has 0 fully saturated rings. The summed E-state index contributed by atoms with van der Waals surface area (Å²) in [7, 11) is 0. The fourth-order valence-electron chi connectivity index (χ4n) is 1.05. The standard InChI is InChI=1S/C8H9F3I2N2/c1-7(2,3)15-6(13)4(5(12)14-15)8(9,10)11/h1-3H3. The van der Waals surface area contributed by atoms with Gasteiger partial charge >= 0.3 is 6.18 Å². The van der Waals surface area contributed by atoms with Crippen LogP contribution in [-0.2, 0) is 11.7 Å². The number of rotatable bonds is 0. The molecule has 0 N–H and O–H groups in total. The van der Waals surface area contributed by atoms with Gasteiger partial charge in [0.05, 0.1) is 5.54 Å². The average molecular weight is 444 g/mol. The van der Waals surface area contributed by atoms with Crippen molar-refractivity contribution in [3.05, 3.63) is 13.0 Å². The molecule has 0 aromatic carbocycles. The molecule has 0 amide bonds. The van der Waals surface area contributed by atoms with Crippen molar-refractivity contribution < 1.29 is 13.2 Å². The molecule has 0 saturated heterocycles. The minimum atomic E-state index is -4.34. The van der Waals surface area contributed by atoms with E-state index in [-0.39, 0.29) is 7.40 Å². The van der Waals surface area contributed by atoms with Gasteiger partial charge in [-0.2, -0.15) is 18.3 Å². The Kier molecular flexibility index (Phi) is 3.64. The topological polar surface area (TPSA) is 17.8 Å². The summed E-state index contributed by atoms with van der Waals surface area (Å²) < 4.78 is 39.5. The van der Waals surface area contributed by atoms with E-state index in [9.17, 15) is 13.2 Å². The predicted molar refractivity (Wildman–Crippen MR) is 67.7 cm³/mol. The minimum Gasteiger partial charge on any atom is -0.252 e. The van der Waals surface area contributed by atoms with Crippen molar-refractivity contribution in [1.82, 2.24) is 9.78 Å². The van der Waals surface area contributed by atoms with E-state index in [2.05, 4.69) is 5.10 Å². The number of halogens is 5. The van der Waals surface area contributed by atoms with Crippen LogP contribution in [0.3, 0.4) is 0 Å². The van der Waals surface area contributed by atoms with Crippen LogP contribution >= 0.6 is 45.2 Å². The van der Waals surface area contributed by atoms with Crippen molar-refractivity contribution in [1.29, 1.82) is 0 Å². The summed E-state index contributed by atoms with van der Waals surface area (Å²) in [6.45, 7) is 5.45. The van der Waals surface area contributed by atoms with Gasteiger partial charge in [0.15, 0.2) is 0 Å². The molecule has 0 aliphatic carbocycles. The lowest BCUT2D eigenvalue weighted by Gasteiger charge is -2.20. The maximum atomic E-state index is 12.6. The van der Waals surface area contributed by atoms with Crippen molar-refractivity contribution in [2.45, 2.75) is 32.5 Å². The Morgan fingerprint density at radius 2 is 1.60 bits per heavy atom. The predicted octanol–water partition coefficient (Wildman–Crippen LogP) is 3.87. The fraction of sp³-hybridized carbons (Fsp3) is 0.625. The van der Waals surface area contributed by atoms with Crippen molar-refractivity contribution in [3.63, 3.8) is 0 Å². The molecule has 15 heavy (non-hydrogen) atoms. The highest BCUT2D eigenvalue weighted by Crippen LogP contribution is 2.37. The molecule has 0 atom stereocenters. The first-order valence-electron chi connectivity index (χ1n) is 4.07. The highest BCUT2D eigenvalue weighted by Gasteiger charge is 2.40. The smallest absolute Gasteiger partial charge is 0.252 e. The van der Waals surface area contributed by atoms with Gasteiger partial charge in [0.1, 0.15) is 13.0 Å². The second kappa shape index (κ2) is 4.04. The Balaban J connectivity index is 3.41. The van der Waals surface area contributed by atoms with Crippen LogP contribution in [0.4, 0.5) is 13.2 Å². The van der Waals surface area contributed by atoms with Crippen LogP contribution in [-0.4, -0.2) is 9.78 Å². The van der Waals surface area contributed by atoms with Crippen molar-refractivity contribution in [2.24, 2.45) is 0 Å². The highest BCUT2D eigenvalue weighted by molar-refractivity contribution is 14.1. The van der Waals surface area contributed by atoms with Gasteiger partial charge in [-0.1, -0.05) is 0 Å². The molecule has 0 radical (unpaired) electrons. The molecule has 7 heteroatoms. The molecule has 0 spiro atoms. The monoisotopic (exact) mass is 444 g/mol. The summed E-state index contributed by atoms with van der Waals surface area (Å²) in [4.78, 5) is 0. The maximum Gasteiger partial charge on any atom is 0.421 e. The molecule has 0 unspecified atom stereocenters. The zero-order chi connectivity index (χ0) is 12.0. The van der Waals surface area contributed by atoms with Gasteiger partial charge in [-0.05, 0) is 66.0 Å². The number of nitrogens with zero attached hydrogens (tertiary/aromatic N) is 2. The summed E-state index contributed by atoms with van der Waals surface area (Å²) >= 11 is 3.30. The Labute approximate surface area is 113 Å². The lowest BCUT2D eigenvalue weighted by atomic mass is 10.1. The Morgan fingerprint density at radius 3 is 1.80 bits per heavy atom. The van der Waals surface area contributed by atoms with E-state index in [1.807, 2.05) is 20.8 Å². The molecule has 1 aromatic rings. The van der Waals surface area contributed by atoms with Crippen LogP contribution in [0.25, 0.3) is 0 Å². The van der Waals surface area contributed by atoms with E-state index in [0.29, 0.717) is 0 Å². The van der Waals surface area contributed by atoms with E-state index in [0.717, 1.165) is 0 Å². The van der Waals surface area contributed by atoms with Crippen molar-refractivity contribution >= 4 is 45.2 Å². The van der Waals surface area contributed by atoms with Crippen LogP contribution in [0.15, 0.2) is 0 Å². The third kappa shape index (κ3) is 2.77. The van der Waals surface area contributed by atoms with Crippen LogP contribution in [0.1, 0.15) is 26.3 Å². The highest BCUT2D eigenvalue weighted by atomic mass is 127.